The van der Waals surface area contributed by atoms with Crippen LogP contribution in [0.25, 0.3) is 0 Å². The van der Waals surface area contributed by atoms with Crippen molar-refractivity contribution in [1.82, 2.24) is 0 Å². The van der Waals surface area contributed by atoms with Gasteiger partial charge in [-0.2, -0.15) is 5.26 Å². The number of nitriles is 1. The van der Waals surface area contributed by atoms with Crippen molar-refractivity contribution in [1.29, 1.82) is 5.26 Å². The van der Waals surface area contributed by atoms with E-state index in [1.54, 1.807) is 6.92 Å². The second kappa shape index (κ2) is 4.30. The third-order valence-electron chi connectivity index (χ3n) is 1.99. The minimum absolute atomic E-state index is 0.0201. The quantitative estimate of drug-likeness (QED) is 0.464. The molecule has 2 heteroatoms. The van der Waals surface area contributed by atoms with Crippen LogP contribution in [0, 0.1) is 17.2 Å². The Labute approximate surface area is 84.0 Å². The molecule has 0 saturated heterocycles. The predicted molar refractivity (Wildman–Crippen MR) is 55.4 cm³/mol. The molecule has 0 aliphatic heterocycles. The Morgan fingerprint density at radius 1 is 1.69 bits per heavy atom. The number of hydrogen-bond donors (Lipinski definition) is 0. The van der Waals surface area contributed by atoms with Crippen molar-refractivity contribution in [2.75, 3.05) is 0 Å². The molecule has 0 spiro atoms. The summed E-state index contributed by atoms with van der Waals surface area (Å²) in [6.07, 6.45) is 7.98. The van der Waals surface area contributed by atoms with E-state index >= 15 is 0 Å². The molecule has 0 aromatic heterocycles. The van der Waals surface area contributed by atoms with E-state index in [9.17, 15) is 0 Å². The summed E-state index contributed by atoms with van der Waals surface area (Å²) in [5.41, 5.74) is 1.90. The summed E-state index contributed by atoms with van der Waals surface area (Å²) in [6, 6.07) is 2.09. The topological polar surface area (TPSA) is 23.8 Å². The van der Waals surface area contributed by atoms with Gasteiger partial charge in [0.1, 0.15) is 0 Å². The largest absolute Gasteiger partial charge is 0.193 e. The Balaban J connectivity index is 2.77. The van der Waals surface area contributed by atoms with Crippen molar-refractivity contribution in [3.63, 3.8) is 0 Å². The van der Waals surface area contributed by atoms with Crippen LogP contribution in [0.3, 0.4) is 0 Å². The average Bonchev–Trinajstić information content (AvgIpc) is 2.09. The number of halogens is 1. The first kappa shape index (κ1) is 10.1. The first-order valence-electron chi connectivity index (χ1n) is 4.22. The Bertz CT molecular complexity index is 317. The zero-order valence-electron chi connectivity index (χ0n) is 7.79. The fourth-order valence-electron chi connectivity index (χ4n) is 1.26. The molecule has 1 aliphatic rings. The molecule has 1 rings (SSSR count). The highest BCUT2D eigenvalue weighted by atomic mass is 35.5. The van der Waals surface area contributed by atoms with Crippen LogP contribution in [-0.2, 0) is 0 Å². The van der Waals surface area contributed by atoms with E-state index in [0.717, 1.165) is 0 Å². The highest BCUT2D eigenvalue weighted by Gasteiger charge is 2.15. The van der Waals surface area contributed by atoms with E-state index in [0.29, 0.717) is 5.57 Å². The first-order valence-corrected chi connectivity index (χ1v) is 4.66. The van der Waals surface area contributed by atoms with Gasteiger partial charge in [-0.05, 0) is 13.8 Å². The third kappa shape index (κ3) is 2.75. The summed E-state index contributed by atoms with van der Waals surface area (Å²) in [5, 5.41) is 8.58. The van der Waals surface area contributed by atoms with Gasteiger partial charge >= 0.3 is 0 Å². The maximum Gasteiger partial charge on any atom is 0.0940 e. The summed E-state index contributed by atoms with van der Waals surface area (Å²) in [4.78, 5) is 0. The minimum atomic E-state index is -0.0201. The van der Waals surface area contributed by atoms with Crippen LogP contribution in [0.2, 0.25) is 0 Å². The molecule has 0 radical (unpaired) electrons. The van der Waals surface area contributed by atoms with Gasteiger partial charge in [0.15, 0.2) is 0 Å². The second-order valence-electron chi connectivity index (χ2n) is 3.25. The molecule has 0 N–H and O–H groups in total. The van der Waals surface area contributed by atoms with Crippen LogP contribution < -0.4 is 0 Å². The maximum absolute atomic E-state index is 8.60. The van der Waals surface area contributed by atoms with Gasteiger partial charge in [0.2, 0.25) is 0 Å². The molecule has 0 fully saturated rings. The average molecular weight is 194 g/mol. The van der Waals surface area contributed by atoms with Crippen molar-refractivity contribution >= 4 is 11.6 Å². The van der Waals surface area contributed by atoms with E-state index in [1.165, 1.54) is 5.57 Å². The minimum Gasteiger partial charge on any atom is -0.193 e. The molecule has 0 amide bonds. The molecule has 0 aromatic carbocycles. The van der Waals surface area contributed by atoms with Gasteiger partial charge in [-0.15, -0.1) is 11.6 Å². The summed E-state index contributed by atoms with van der Waals surface area (Å²) in [7, 11) is 0. The summed E-state index contributed by atoms with van der Waals surface area (Å²) in [5.74, 6) is 0.157. The lowest BCUT2D eigenvalue weighted by Gasteiger charge is -2.16. The molecule has 0 bridgehead atoms. The number of rotatable bonds is 1. The molecule has 1 nitrogen and oxygen atoms in total. The molecule has 0 aromatic rings. The highest BCUT2D eigenvalue weighted by molar-refractivity contribution is 6.22. The van der Waals surface area contributed by atoms with Crippen LogP contribution in [0.15, 0.2) is 35.5 Å². The summed E-state index contributed by atoms with van der Waals surface area (Å²) < 4.78 is 0. The molecule has 0 heterocycles. The monoisotopic (exact) mass is 193 g/mol. The number of allylic oxidation sites excluding steroid dienone is 6. The van der Waals surface area contributed by atoms with Gasteiger partial charge in [-0.3, -0.25) is 0 Å². The van der Waals surface area contributed by atoms with Crippen molar-refractivity contribution in [2.24, 2.45) is 5.92 Å². The van der Waals surface area contributed by atoms with Crippen molar-refractivity contribution < 1.29 is 0 Å². The highest BCUT2D eigenvalue weighted by Crippen LogP contribution is 2.23. The van der Waals surface area contributed by atoms with Crippen LogP contribution in [0.5, 0.6) is 0 Å². The predicted octanol–water partition coefficient (Wildman–Crippen LogP) is 3.20. The summed E-state index contributed by atoms with van der Waals surface area (Å²) in [6.45, 7) is 3.81. The van der Waals surface area contributed by atoms with Crippen LogP contribution >= 0.6 is 11.6 Å². The van der Waals surface area contributed by atoms with Crippen molar-refractivity contribution in [3.8, 4) is 6.07 Å². The van der Waals surface area contributed by atoms with E-state index in [-0.39, 0.29) is 11.3 Å². The Kier molecular flexibility index (Phi) is 3.33. The van der Waals surface area contributed by atoms with Crippen LogP contribution in [0.1, 0.15) is 13.8 Å². The first-order chi connectivity index (χ1) is 6.13. The second-order valence-corrected chi connectivity index (χ2v) is 3.76. The molecule has 68 valence electrons. The molecule has 13 heavy (non-hydrogen) atoms. The van der Waals surface area contributed by atoms with Gasteiger partial charge in [-0.25, -0.2) is 0 Å². The Hall–Kier alpha value is -1.00. The van der Waals surface area contributed by atoms with Gasteiger partial charge in [0.05, 0.1) is 11.4 Å². The lowest BCUT2D eigenvalue weighted by atomic mass is 9.95. The van der Waals surface area contributed by atoms with Crippen molar-refractivity contribution in [3.05, 3.63) is 35.5 Å². The maximum atomic E-state index is 8.60. The molecule has 0 saturated carbocycles. The standard InChI is InChI=1S/C11H12ClN/c1-8-3-4-10(11(12)6-8)5-9(2)7-13/h3-6,10-11H,1-2H3/b9-5+. The smallest absolute Gasteiger partial charge is 0.0940 e. The number of hydrogen-bond acceptors (Lipinski definition) is 1. The van der Waals surface area contributed by atoms with Gasteiger partial charge in [0, 0.05) is 11.5 Å². The number of nitrogens with zero attached hydrogens (tertiary/aromatic N) is 1. The molecule has 2 atom stereocenters. The molecule has 1 aliphatic carbocycles. The zero-order chi connectivity index (χ0) is 9.84. The van der Waals surface area contributed by atoms with Gasteiger partial charge in [0.25, 0.3) is 0 Å². The van der Waals surface area contributed by atoms with Gasteiger partial charge in [-0.1, -0.05) is 29.9 Å². The SMILES string of the molecule is CC1=CC(Cl)C(/C=C(\C)C#N)C=C1. The molecular formula is C11H12ClN. The van der Waals surface area contributed by atoms with Crippen LogP contribution in [-0.4, -0.2) is 5.38 Å². The molecular weight excluding hydrogens is 182 g/mol. The van der Waals surface area contributed by atoms with E-state index in [4.69, 9.17) is 16.9 Å². The van der Waals surface area contributed by atoms with Crippen LogP contribution in [0.4, 0.5) is 0 Å². The normalized spacial score (nSPS) is 28.2. The molecule has 2 unspecified atom stereocenters. The fraction of sp³-hybridized carbons (Fsp3) is 0.364. The van der Waals surface area contributed by atoms with E-state index in [1.807, 2.05) is 31.2 Å². The van der Waals surface area contributed by atoms with Gasteiger partial charge < -0.3 is 0 Å². The lowest BCUT2D eigenvalue weighted by Crippen LogP contribution is -2.11. The Morgan fingerprint density at radius 3 is 2.92 bits per heavy atom. The summed E-state index contributed by atoms with van der Waals surface area (Å²) >= 11 is 6.10. The zero-order valence-corrected chi connectivity index (χ0v) is 8.55. The van der Waals surface area contributed by atoms with E-state index < -0.39 is 0 Å². The van der Waals surface area contributed by atoms with E-state index in [2.05, 4.69) is 6.07 Å². The fourth-order valence-corrected chi connectivity index (χ4v) is 1.62. The number of alkyl halides is 1. The Morgan fingerprint density at radius 2 is 2.38 bits per heavy atom. The van der Waals surface area contributed by atoms with Crippen molar-refractivity contribution in [2.45, 2.75) is 19.2 Å². The third-order valence-corrected chi connectivity index (χ3v) is 2.41. The lowest BCUT2D eigenvalue weighted by molar-refractivity contribution is 0.817.